The van der Waals surface area contributed by atoms with E-state index in [-0.39, 0.29) is 29.2 Å². The average molecular weight is 461 g/mol. The number of halogens is 2. The number of alkyl halides is 1. The molecule has 2 aliphatic carbocycles. The fraction of sp³-hybridized carbons (Fsp3) is 0.545. The molecule has 2 saturated carbocycles. The van der Waals surface area contributed by atoms with E-state index in [2.05, 4.69) is 15.5 Å². The number of aromatic nitrogens is 2. The summed E-state index contributed by atoms with van der Waals surface area (Å²) in [5, 5.41) is 16.9. The molecule has 33 heavy (non-hydrogen) atoms. The predicted molar refractivity (Wildman–Crippen MR) is 117 cm³/mol. The first kappa shape index (κ1) is 21.7. The smallest absolute Gasteiger partial charge is 0.341 e. The minimum absolute atomic E-state index is 0.00396. The van der Waals surface area contributed by atoms with Gasteiger partial charge in [-0.25, -0.2) is 18.6 Å². The van der Waals surface area contributed by atoms with Crippen LogP contribution >= 0.6 is 0 Å². The molecule has 0 radical (unpaired) electrons. The van der Waals surface area contributed by atoms with Crippen molar-refractivity contribution >= 4 is 28.5 Å². The molecule has 0 amide bonds. The van der Waals surface area contributed by atoms with E-state index in [1.807, 2.05) is 6.92 Å². The van der Waals surface area contributed by atoms with Gasteiger partial charge in [-0.1, -0.05) is 5.16 Å². The van der Waals surface area contributed by atoms with Gasteiger partial charge in [0.1, 0.15) is 24.0 Å². The SMILES string of the molecule is CCO/N=C1/CN(c2nc3c(cc2F)c(=O)c(C(=O)O)cn3[C@@H]2C[C@@H]2F)CC1CNC1CC1. The summed E-state index contributed by atoms with van der Waals surface area (Å²) in [6.45, 7) is 3.69. The second kappa shape index (κ2) is 8.36. The van der Waals surface area contributed by atoms with Crippen molar-refractivity contribution in [2.75, 3.05) is 31.1 Å². The number of carbonyl (C=O) groups is 1. The molecule has 9 nitrogen and oxygen atoms in total. The largest absolute Gasteiger partial charge is 0.477 e. The number of aromatic carboxylic acids is 1. The number of rotatable bonds is 8. The van der Waals surface area contributed by atoms with Crippen molar-refractivity contribution in [3.05, 3.63) is 33.9 Å². The van der Waals surface area contributed by atoms with Crippen molar-refractivity contribution in [3.8, 4) is 0 Å². The van der Waals surface area contributed by atoms with Crippen LogP contribution in [0.2, 0.25) is 0 Å². The summed E-state index contributed by atoms with van der Waals surface area (Å²) >= 11 is 0. The standard InChI is InChI=1S/C22H25F2N5O4/c1-2-33-27-17-10-28(8-11(17)7-25-12-3-4-12)21-16(24)5-13-19(30)14(22(31)32)9-29(20(13)26-21)18-6-15(18)23/h5,9,11-12,15,18,25H,2-4,6-8,10H2,1H3,(H,31,32)/b27-17-/t11?,15-,18+/m0/s1. The fourth-order valence-corrected chi connectivity index (χ4v) is 4.26. The summed E-state index contributed by atoms with van der Waals surface area (Å²) in [6.07, 6.45) is 2.42. The van der Waals surface area contributed by atoms with E-state index in [4.69, 9.17) is 4.84 Å². The van der Waals surface area contributed by atoms with E-state index in [0.29, 0.717) is 32.3 Å². The zero-order valence-corrected chi connectivity index (χ0v) is 18.1. The first-order valence-electron chi connectivity index (χ1n) is 11.2. The lowest BCUT2D eigenvalue weighted by Crippen LogP contribution is -2.30. The number of carboxylic acids is 1. The monoisotopic (exact) mass is 461 g/mol. The lowest BCUT2D eigenvalue weighted by molar-refractivity contribution is 0.0694. The van der Waals surface area contributed by atoms with Crippen LogP contribution in [0.25, 0.3) is 11.0 Å². The molecule has 3 atom stereocenters. The second-order valence-corrected chi connectivity index (χ2v) is 8.83. The number of pyridine rings is 2. The van der Waals surface area contributed by atoms with Crippen LogP contribution in [0, 0.1) is 11.7 Å². The number of nitrogens with one attached hydrogen (secondary N) is 1. The Bertz CT molecular complexity index is 1200. The van der Waals surface area contributed by atoms with Gasteiger partial charge in [0.25, 0.3) is 0 Å². The van der Waals surface area contributed by atoms with Crippen molar-refractivity contribution in [2.45, 2.75) is 44.4 Å². The Morgan fingerprint density at radius 3 is 2.82 bits per heavy atom. The maximum atomic E-state index is 15.2. The van der Waals surface area contributed by atoms with Crippen LogP contribution in [0.4, 0.5) is 14.6 Å². The van der Waals surface area contributed by atoms with Gasteiger partial charge in [-0.3, -0.25) is 4.79 Å². The average Bonchev–Trinajstić information content (AvgIpc) is 3.70. The van der Waals surface area contributed by atoms with Crippen molar-refractivity contribution in [3.63, 3.8) is 0 Å². The summed E-state index contributed by atoms with van der Waals surface area (Å²) in [5.74, 6) is -2.16. The summed E-state index contributed by atoms with van der Waals surface area (Å²) in [7, 11) is 0. The maximum absolute atomic E-state index is 15.2. The van der Waals surface area contributed by atoms with Crippen molar-refractivity contribution in [2.24, 2.45) is 11.1 Å². The zero-order valence-electron chi connectivity index (χ0n) is 18.1. The Hall–Kier alpha value is -3.08. The Kier molecular flexibility index (Phi) is 5.51. The minimum atomic E-state index is -1.45. The van der Waals surface area contributed by atoms with Crippen LogP contribution in [0.3, 0.4) is 0 Å². The molecule has 3 aliphatic rings. The van der Waals surface area contributed by atoms with E-state index in [1.54, 1.807) is 4.90 Å². The molecule has 1 aliphatic heterocycles. The van der Waals surface area contributed by atoms with Gasteiger partial charge in [-0.2, -0.15) is 0 Å². The fourth-order valence-electron chi connectivity index (χ4n) is 4.26. The van der Waals surface area contributed by atoms with Gasteiger partial charge in [-0.15, -0.1) is 0 Å². The van der Waals surface area contributed by atoms with E-state index < -0.39 is 35.0 Å². The molecule has 0 spiro atoms. The third kappa shape index (κ3) is 4.17. The molecule has 0 bridgehead atoms. The topological polar surface area (TPSA) is 109 Å². The lowest BCUT2D eigenvalue weighted by atomic mass is 10.1. The molecular weight excluding hydrogens is 436 g/mol. The number of anilines is 1. The molecule has 5 rings (SSSR count). The van der Waals surface area contributed by atoms with Crippen LogP contribution in [0.5, 0.6) is 0 Å². The van der Waals surface area contributed by atoms with Crippen LogP contribution in [-0.2, 0) is 4.84 Å². The minimum Gasteiger partial charge on any atom is -0.477 e. The summed E-state index contributed by atoms with van der Waals surface area (Å²) in [5.41, 5.74) is -0.520. The van der Waals surface area contributed by atoms with Gasteiger partial charge >= 0.3 is 5.97 Å². The maximum Gasteiger partial charge on any atom is 0.341 e. The number of oxime groups is 1. The highest BCUT2D eigenvalue weighted by molar-refractivity contribution is 5.95. The Balaban J connectivity index is 1.54. The molecule has 176 valence electrons. The molecule has 1 unspecified atom stereocenters. The first-order chi connectivity index (χ1) is 15.9. The third-order valence-electron chi connectivity index (χ3n) is 6.31. The van der Waals surface area contributed by atoms with Crippen LogP contribution in [0.15, 0.2) is 22.2 Å². The number of carboxylic acid groups (broad SMARTS) is 1. The molecule has 0 aromatic carbocycles. The predicted octanol–water partition coefficient (Wildman–Crippen LogP) is 2.10. The second-order valence-electron chi connectivity index (χ2n) is 8.83. The molecular formula is C22H25F2N5O4. The van der Waals surface area contributed by atoms with Gasteiger partial charge in [0.2, 0.25) is 5.43 Å². The number of hydrogen-bond acceptors (Lipinski definition) is 7. The molecule has 3 heterocycles. The summed E-state index contributed by atoms with van der Waals surface area (Å²) in [6, 6.07) is 0.891. The molecule has 11 heteroatoms. The lowest BCUT2D eigenvalue weighted by Gasteiger charge is -2.19. The van der Waals surface area contributed by atoms with Crippen LogP contribution in [-0.4, -0.2) is 64.8 Å². The highest BCUT2D eigenvalue weighted by Crippen LogP contribution is 2.40. The molecule has 3 fully saturated rings. The van der Waals surface area contributed by atoms with Crippen molar-refractivity contribution in [1.82, 2.24) is 14.9 Å². The Morgan fingerprint density at radius 1 is 1.42 bits per heavy atom. The van der Waals surface area contributed by atoms with Gasteiger partial charge in [0.15, 0.2) is 11.6 Å². The molecule has 2 aromatic heterocycles. The molecule has 2 aromatic rings. The van der Waals surface area contributed by atoms with E-state index in [1.165, 1.54) is 4.57 Å². The summed E-state index contributed by atoms with van der Waals surface area (Å²) < 4.78 is 30.4. The van der Waals surface area contributed by atoms with Gasteiger partial charge in [0, 0.05) is 37.7 Å². The highest BCUT2D eigenvalue weighted by atomic mass is 19.1. The highest BCUT2D eigenvalue weighted by Gasteiger charge is 2.41. The van der Waals surface area contributed by atoms with Gasteiger partial charge < -0.3 is 24.7 Å². The van der Waals surface area contributed by atoms with Crippen LogP contribution < -0.4 is 15.6 Å². The van der Waals surface area contributed by atoms with E-state index >= 15 is 4.39 Å². The summed E-state index contributed by atoms with van der Waals surface area (Å²) in [4.78, 5) is 35.6. The Labute approximate surface area is 188 Å². The van der Waals surface area contributed by atoms with E-state index in [0.717, 1.165) is 30.8 Å². The number of fused-ring (bicyclic) bond motifs is 1. The number of nitrogens with zero attached hydrogens (tertiary/aromatic N) is 4. The van der Waals surface area contributed by atoms with Crippen LogP contribution in [0.1, 0.15) is 42.6 Å². The van der Waals surface area contributed by atoms with Crippen molar-refractivity contribution in [1.29, 1.82) is 0 Å². The first-order valence-corrected chi connectivity index (χ1v) is 11.2. The number of hydrogen-bond donors (Lipinski definition) is 2. The molecule has 2 N–H and O–H groups in total. The van der Waals surface area contributed by atoms with E-state index in [9.17, 15) is 19.1 Å². The molecule has 1 saturated heterocycles. The normalized spacial score (nSPS) is 25.7. The van der Waals surface area contributed by atoms with Crippen molar-refractivity contribution < 1.29 is 23.5 Å². The van der Waals surface area contributed by atoms with Gasteiger partial charge in [0.05, 0.1) is 23.7 Å². The zero-order chi connectivity index (χ0) is 23.3. The third-order valence-corrected chi connectivity index (χ3v) is 6.31. The quantitative estimate of drug-likeness (QED) is 0.580. The van der Waals surface area contributed by atoms with Gasteiger partial charge in [-0.05, 0) is 25.8 Å². The Morgan fingerprint density at radius 2 is 2.18 bits per heavy atom.